The fourth-order valence-corrected chi connectivity index (χ4v) is 9.33. The lowest BCUT2D eigenvalue weighted by Gasteiger charge is -2.31. The molecule has 6 amide bonds. The zero-order valence-corrected chi connectivity index (χ0v) is 48.0. The molecule has 456 valence electrons. The first kappa shape index (κ1) is 65.2. The molecule has 2 aliphatic heterocycles. The van der Waals surface area contributed by atoms with E-state index < -0.39 is 53.5 Å². The molecule has 27 heteroatoms. The first-order chi connectivity index (χ1) is 40.6. The Morgan fingerprint density at radius 2 is 1.50 bits per heavy atom. The summed E-state index contributed by atoms with van der Waals surface area (Å²) < 4.78 is 45.4. The summed E-state index contributed by atoms with van der Waals surface area (Å²) in [5.41, 5.74) is 16.5. The van der Waals surface area contributed by atoms with Crippen LogP contribution < -0.4 is 42.6 Å². The Labute approximate surface area is 485 Å². The minimum Gasteiger partial charge on any atom is -0.494 e. The Balaban J connectivity index is 0.886. The minimum atomic E-state index is -1.92. The Bertz CT molecular complexity index is 3010. The Morgan fingerprint density at radius 1 is 0.833 bits per heavy atom. The van der Waals surface area contributed by atoms with E-state index in [9.17, 15) is 38.7 Å². The van der Waals surface area contributed by atoms with Crippen molar-refractivity contribution in [2.75, 3.05) is 97.6 Å². The van der Waals surface area contributed by atoms with Gasteiger partial charge in [-0.15, -0.1) is 0 Å². The van der Waals surface area contributed by atoms with Crippen molar-refractivity contribution >= 4 is 52.4 Å². The fraction of sp³-hybridized carbons (Fsp3) is 0.544. The largest absolute Gasteiger partial charge is 0.494 e. The predicted octanol–water partition coefficient (Wildman–Crippen LogP) is 4.13. The first-order valence-electron chi connectivity index (χ1n) is 28.2. The number of aryl methyl sites for hydroxylation is 1. The summed E-state index contributed by atoms with van der Waals surface area (Å²) in [5.74, 6) is -2.07. The average Bonchev–Trinajstić information content (AvgIpc) is 2.37. The maximum Gasteiger partial charge on any atom is 0.407 e. The highest BCUT2D eigenvalue weighted by atomic mass is 16.6. The smallest absolute Gasteiger partial charge is 0.407 e. The number of carbonyl (C=O) groups is 6. The minimum absolute atomic E-state index is 0.0249. The van der Waals surface area contributed by atoms with E-state index in [1.807, 2.05) is 19.1 Å². The highest BCUT2D eigenvalue weighted by Crippen LogP contribution is 2.41. The molecule has 0 bridgehead atoms. The number of nitrogens with zero attached hydrogens (tertiary/aromatic N) is 5. The van der Waals surface area contributed by atoms with Gasteiger partial charge in [-0.05, 0) is 91.1 Å². The molecule has 4 aromatic rings. The lowest BCUT2D eigenvalue weighted by molar-refractivity contribution is -0.172. The molecular formula is C57H77N11O16. The lowest BCUT2D eigenvalue weighted by Crippen LogP contribution is -2.54. The highest BCUT2D eigenvalue weighted by Gasteiger charge is 2.45. The molecule has 0 aliphatic carbocycles. The summed E-state index contributed by atoms with van der Waals surface area (Å²) in [7, 11) is 0. The molecular weight excluding hydrogens is 1090 g/mol. The zero-order chi connectivity index (χ0) is 60.4. The number of nitrogens with one attached hydrogen (secondary N) is 5. The van der Waals surface area contributed by atoms with Gasteiger partial charge in [-0.1, -0.05) is 44.9 Å². The normalized spacial score (nSPS) is 14.7. The van der Waals surface area contributed by atoms with Gasteiger partial charge in [0.15, 0.2) is 5.60 Å². The van der Waals surface area contributed by atoms with E-state index in [2.05, 4.69) is 36.6 Å². The first-order valence-corrected chi connectivity index (χ1v) is 28.2. The van der Waals surface area contributed by atoms with Crippen LogP contribution in [0.4, 0.5) is 15.3 Å². The van der Waals surface area contributed by atoms with E-state index >= 15 is 0 Å². The summed E-state index contributed by atoms with van der Waals surface area (Å²) in [6.07, 6.45) is 0.914. The average molecular weight is 1170 g/mol. The number of anilines is 1. The third-order valence-corrected chi connectivity index (χ3v) is 13.8. The van der Waals surface area contributed by atoms with E-state index in [0.29, 0.717) is 99.4 Å². The van der Waals surface area contributed by atoms with Gasteiger partial charge in [0.2, 0.25) is 17.7 Å². The number of nitrogens with two attached hydrogens (primary N) is 1. The standard InChI is InChI=1S/C57H77N11O16/c1-5-40-41-31-39(14-15-45(41)64-50-42(40)33-68-47(50)32-44-43(53(68)72)35-83-54(73)57(44,76)6-2)82-20-8-18-61-56(75)84-34-37-10-12-38(13-11-37)63-51(70)46(9-7-17-60-55(58)74)65-52(71)49(36(3)4)66-48(69)16-21-77-23-25-79-27-29-81-30-28-80-26-24-78-22-19-62-67-59/h10-15,31-32,36,46,49,76H,5-9,16-30,33-35H2,1-4H3,(H,61,75)(H,63,70)(H,65,71)(H,66,69)(H3,58,60,74)/t46-,49-,57-/m0/s1. The summed E-state index contributed by atoms with van der Waals surface area (Å²) in [6, 6.07) is 11.1. The van der Waals surface area contributed by atoms with Gasteiger partial charge in [0.25, 0.3) is 5.56 Å². The third-order valence-electron chi connectivity index (χ3n) is 13.8. The number of ether oxygens (including phenoxy) is 8. The van der Waals surface area contributed by atoms with Crippen molar-refractivity contribution < 1.29 is 71.8 Å². The van der Waals surface area contributed by atoms with Gasteiger partial charge in [-0.2, -0.15) is 0 Å². The second kappa shape index (κ2) is 33.4. The summed E-state index contributed by atoms with van der Waals surface area (Å²) in [6.45, 7) is 11.4. The number of aliphatic hydroxyl groups is 1. The Morgan fingerprint density at radius 3 is 2.14 bits per heavy atom. The lowest BCUT2D eigenvalue weighted by atomic mass is 9.86. The van der Waals surface area contributed by atoms with Crippen molar-refractivity contribution in [2.45, 2.75) is 104 Å². The van der Waals surface area contributed by atoms with Gasteiger partial charge in [0.1, 0.15) is 31.0 Å². The van der Waals surface area contributed by atoms with Crippen molar-refractivity contribution in [1.82, 2.24) is 30.8 Å². The van der Waals surface area contributed by atoms with Crippen LogP contribution in [-0.2, 0) is 84.1 Å². The van der Waals surface area contributed by atoms with E-state index in [0.717, 1.165) is 16.5 Å². The number of carbonyl (C=O) groups excluding carboxylic acids is 6. The van der Waals surface area contributed by atoms with Gasteiger partial charge in [-0.25, -0.2) is 19.4 Å². The van der Waals surface area contributed by atoms with Gasteiger partial charge in [0, 0.05) is 53.2 Å². The molecule has 8 N–H and O–H groups in total. The third kappa shape index (κ3) is 18.8. The van der Waals surface area contributed by atoms with E-state index in [1.165, 1.54) is 0 Å². The summed E-state index contributed by atoms with van der Waals surface area (Å²) in [4.78, 5) is 98.0. The number of alkyl carbamates (subject to hydrolysis) is 1. The maximum atomic E-state index is 13.7. The van der Waals surface area contributed by atoms with Crippen LogP contribution in [0.3, 0.4) is 0 Å². The molecule has 0 fully saturated rings. The van der Waals surface area contributed by atoms with E-state index in [4.69, 9.17) is 54.1 Å². The Kier molecular flexibility index (Phi) is 25.9. The molecule has 27 nitrogen and oxygen atoms in total. The molecule has 0 saturated heterocycles. The van der Waals surface area contributed by atoms with Gasteiger partial charge in [-0.3, -0.25) is 19.2 Å². The van der Waals surface area contributed by atoms with Crippen molar-refractivity contribution in [3.8, 4) is 17.1 Å². The number of cyclic esters (lactones) is 1. The fourth-order valence-electron chi connectivity index (χ4n) is 9.33. The number of azide groups is 1. The molecule has 2 aromatic carbocycles. The SMILES string of the molecule is CCc1c2c(nc3ccc(OCCCNC(=O)OCc4ccc(NC(=O)[C@H](CCCNC(N)=O)NC(=O)[C@@H](NC(=O)CCOCCOCCOCCOCCOCCN=[N+]=[N-])C(C)C)cc4)cc13)-c1cc3c(c(=O)n1C2)COC(=O)[C@]3(O)CC. The second-order valence-corrected chi connectivity index (χ2v) is 20.0. The number of hydrogen-bond acceptors (Lipinski definition) is 18. The molecule has 0 unspecified atom stereocenters. The predicted molar refractivity (Wildman–Crippen MR) is 306 cm³/mol. The van der Waals surface area contributed by atoms with Crippen molar-refractivity contribution in [3.63, 3.8) is 0 Å². The maximum absolute atomic E-state index is 13.7. The van der Waals surface area contributed by atoms with Gasteiger partial charge in [0.05, 0.1) is 102 Å². The number of benzene rings is 2. The molecule has 0 saturated carbocycles. The molecule has 2 aromatic heterocycles. The topological polar surface area (TPSA) is 366 Å². The molecule has 2 aliphatic rings. The van der Waals surface area contributed by atoms with Crippen LogP contribution in [0.15, 0.2) is 58.4 Å². The van der Waals surface area contributed by atoms with Gasteiger partial charge < -0.3 is 79.9 Å². The van der Waals surface area contributed by atoms with Crippen LogP contribution in [0.2, 0.25) is 0 Å². The molecule has 3 atom stereocenters. The molecule has 84 heavy (non-hydrogen) atoms. The molecule has 4 heterocycles. The van der Waals surface area contributed by atoms with Crippen LogP contribution >= 0.6 is 0 Å². The quantitative estimate of drug-likeness (QED) is 0.00966. The highest BCUT2D eigenvalue weighted by molar-refractivity contribution is 5.98. The number of hydrogen-bond donors (Lipinski definition) is 7. The number of urea groups is 1. The Hall–Kier alpha value is -7.91. The van der Waals surface area contributed by atoms with Crippen molar-refractivity contribution in [3.05, 3.63) is 97.1 Å². The number of amides is 6. The molecule has 0 radical (unpaired) electrons. The van der Waals surface area contributed by atoms with Crippen LogP contribution in [0.25, 0.3) is 32.7 Å². The van der Waals surface area contributed by atoms with Gasteiger partial charge >= 0.3 is 18.1 Å². The molecule has 6 rings (SSSR count). The van der Waals surface area contributed by atoms with Crippen molar-refractivity contribution in [2.24, 2.45) is 16.8 Å². The number of esters is 1. The number of pyridine rings is 2. The van der Waals surface area contributed by atoms with Crippen LogP contribution in [0.1, 0.15) is 87.6 Å². The van der Waals surface area contributed by atoms with Crippen LogP contribution in [-0.4, -0.2) is 155 Å². The van der Waals surface area contributed by atoms with E-state index in [1.54, 1.807) is 61.7 Å². The summed E-state index contributed by atoms with van der Waals surface area (Å²) >= 11 is 0. The van der Waals surface area contributed by atoms with E-state index in [-0.39, 0.29) is 108 Å². The number of aromatic nitrogens is 2. The summed E-state index contributed by atoms with van der Waals surface area (Å²) in [5, 5.41) is 29.0. The van der Waals surface area contributed by atoms with Crippen LogP contribution in [0, 0.1) is 5.92 Å². The second-order valence-electron chi connectivity index (χ2n) is 20.0. The molecule has 0 spiro atoms. The van der Waals surface area contributed by atoms with Crippen LogP contribution in [0.5, 0.6) is 5.75 Å². The monoisotopic (exact) mass is 1170 g/mol. The number of primary amides is 1. The zero-order valence-electron chi connectivity index (χ0n) is 48.0. The number of rotatable bonds is 37. The van der Waals surface area contributed by atoms with Crippen molar-refractivity contribution in [1.29, 1.82) is 0 Å². The number of fused-ring (bicyclic) bond motifs is 5.